The van der Waals surface area contributed by atoms with Crippen molar-refractivity contribution in [3.8, 4) is 0 Å². The Kier molecular flexibility index (Phi) is 3.74. The molecule has 1 aliphatic heterocycles. The molecule has 1 aromatic heterocycles. The van der Waals surface area contributed by atoms with E-state index in [2.05, 4.69) is 0 Å². The van der Waals surface area contributed by atoms with E-state index in [1.54, 1.807) is 6.07 Å². The Morgan fingerprint density at radius 2 is 2.28 bits per heavy atom. The van der Waals surface area contributed by atoms with Gasteiger partial charge in [-0.1, -0.05) is 6.92 Å². The van der Waals surface area contributed by atoms with Crippen LogP contribution in [0.15, 0.2) is 16.3 Å². The average Bonchev–Trinajstić information content (AvgIpc) is 2.86. The SMILES string of the molecule is CC1CCN(S(=O)(=O)c2ccc(CC(=O)O)s2)C1. The molecule has 5 nitrogen and oxygen atoms in total. The maximum Gasteiger partial charge on any atom is 0.308 e. The number of aliphatic carboxylic acids is 1. The number of carbonyl (C=O) groups is 1. The van der Waals surface area contributed by atoms with Crippen LogP contribution in [0.5, 0.6) is 0 Å². The van der Waals surface area contributed by atoms with Crippen LogP contribution in [0, 0.1) is 5.92 Å². The van der Waals surface area contributed by atoms with Crippen LogP contribution < -0.4 is 0 Å². The molecule has 1 fully saturated rings. The van der Waals surface area contributed by atoms with Crippen LogP contribution in [0.2, 0.25) is 0 Å². The minimum atomic E-state index is -3.43. The zero-order valence-electron chi connectivity index (χ0n) is 10.00. The molecule has 0 saturated carbocycles. The minimum Gasteiger partial charge on any atom is -0.481 e. The average molecular weight is 289 g/mol. The van der Waals surface area contributed by atoms with Crippen molar-refractivity contribution in [3.63, 3.8) is 0 Å². The first-order chi connectivity index (χ1) is 8.39. The summed E-state index contributed by atoms with van der Waals surface area (Å²) in [7, 11) is -3.43. The largest absolute Gasteiger partial charge is 0.481 e. The highest BCUT2D eigenvalue weighted by atomic mass is 32.2. The van der Waals surface area contributed by atoms with Gasteiger partial charge in [-0.3, -0.25) is 4.79 Å². The smallest absolute Gasteiger partial charge is 0.308 e. The molecule has 1 unspecified atom stereocenters. The van der Waals surface area contributed by atoms with Gasteiger partial charge in [0, 0.05) is 18.0 Å². The summed E-state index contributed by atoms with van der Waals surface area (Å²) in [6.45, 7) is 3.13. The van der Waals surface area contributed by atoms with Gasteiger partial charge < -0.3 is 5.11 Å². The molecule has 0 bridgehead atoms. The zero-order chi connectivity index (χ0) is 13.3. The molecule has 1 aliphatic rings. The molecule has 0 amide bonds. The molecule has 0 radical (unpaired) electrons. The van der Waals surface area contributed by atoms with Crippen molar-refractivity contribution < 1.29 is 18.3 Å². The van der Waals surface area contributed by atoms with Crippen LogP contribution in [0.25, 0.3) is 0 Å². The molecule has 1 atom stereocenters. The number of rotatable bonds is 4. The third-order valence-corrected chi connectivity index (χ3v) is 6.36. The highest BCUT2D eigenvalue weighted by Crippen LogP contribution is 2.29. The minimum absolute atomic E-state index is 0.128. The lowest BCUT2D eigenvalue weighted by Gasteiger charge is -2.14. The molecule has 2 rings (SSSR count). The highest BCUT2D eigenvalue weighted by Gasteiger charge is 2.31. The van der Waals surface area contributed by atoms with Crippen molar-refractivity contribution in [2.24, 2.45) is 5.92 Å². The maximum absolute atomic E-state index is 12.3. The molecule has 18 heavy (non-hydrogen) atoms. The Balaban J connectivity index is 2.20. The number of carboxylic acids is 1. The van der Waals surface area contributed by atoms with Gasteiger partial charge in [0.2, 0.25) is 0 Å². The van der Waals surface area contributed by atoms with Crippen molar-refractivity contribution >= 4 is 27.3 Å². The Hall–Kier alpha value is -0.920. The van der Waals surface area contributed by atoms with Crippen molar-refractivity contribution in [2.75, 3.05) is 13.1 Å². The van der Waals surface area contributed by atoms with E-state index in [1.165, 1.54) is 10.4 Å². The maximum atomic E-state index is 12.3. The Bertz CT molecular complexity index is 549. The van der Waals surface area contributed by atoms with E-state index in [0.717, 1.165) is 17.8 Å². The van der Waals surface area contributed by atoms with Crippen LogP contribution in [0.4, 0.5) is 0 Å². The Morgan fingerprint density at radius 1 is 1.56 bits per heavy atom. The molecular weight excluding hydrogens is 274 g/mol. The van der Waals surface area contributed by atoms with E-state index in [4.69, 9.17) is 5.11 Å². The number of thiophene rings is 1. The third kappa shape index (κ3) is 2.73. The number of sulfonamides is 1. The van der Waals surface area contributed by atoms with Gasteiger partial charge in [-0.05, 0) is 24.5 Å². The first-order valence-corrected chi connectivity index (χ1v) is 7.96. The van der Waals surface area contributed by atoms with Crippen LogP contribution in [-0.2, 0) is 21.2 Å². The third-order valence-electron chi connectivity index (χ3n) is 2.94. The van der Waals surface area contributed by atoms with E-state index in [9.17, 15) is 13.2 Å². The predicted octanol–water partition coefficient (Wildman–Crippen LogP) is 1.41. The van der Waals surface area contributed by atoms with Crippen molar-refractivity contribution in [2.45, 2.75) is 24.0 Å². The van der Waals surface area contributed by atoms with Crippen LogP contribution in [-0.4, -0.2) is 36.9 Å². The van der Waals surface area contributed by atoms with Gasteiger partial charge in [-0.15, -0.1) is 11.3 Å². The summed E-state index contributed by atoms with van der Waals surface area (Å²) in [5.74, 6) is -0.561. The zero-order valence-corrected chi connectivity index (χ0v) is 11.6. The fourth-order valence-electron chi connectivity index (χ4n) is 1.98. The Labute approximate surface area is 110 Å². The molecule has 0 aromatic carbocycles. The van der Waals surface area contributed by atoms with E-state index < -0.39 is 16.0 Å². The molecule has 0 spiro atoms. The van der Waals surface area contributed by atoms with Gasteiger partial charge in [-0.25, -0.2) is 8.42 Å². The molecule has 1 aromatic rings. The van der Waals surface area contributed by atoms with E-state index >= 15 is 0 Å². The van der Waals surface area contributed by atoms with Crippen molar-refractivity contribution in [1.82, 2.24) is 4.31 Å². The van der Waals surface area contributed by atoms with Crippen molar-refractivity contribution in [1.29, 1.82) is 0 Å². The summed E-state index contributed by atoms with van der Waals surface area (Å²) in [5.41, 5.74) is 0. The molecule has 1 saturated heterocycles. The standard InChI is InChI=1S/C11H15NO4S2/c1-8-4-5-12(7-8)18(15,16)11-3-2-9(17-11)6-10(13)14/h2-3,8H,4-7H2,1H3,(H,13,14). The fourth-order valence-corrected chi connectivity index (χ4v) is 5.06. The van der Waals surface area contributed by atoms with Crippen LogP contribution in [0.3, 0.4) is 0 Å². The van der Waals surface area contributed by atoms with E-state index in [1.807, 2.05) is 6.92 Å². The van der Waals surface area contributed by atoms with Crippen LogP contribution in [0.1, 0.15) is 18.2 Å². The summed E-state index contributed by atoms with van der Waals surface area (Å²) in [5, 5.41) is 8.67. The molecule has 1 N–H and O–H groups in total. The second-order valence-corrected chi connectivity index (χ2v) is 7.88. The first kappa shape index (κ1) is 13.5. The lowest BCUT2D eigenvalue weighted by molar-refractivity contribution is -0.136. The molecule has 7 heteroatoms. The molecule has 100 valence electrons. The molecule has 2 heterocycles. The summed E-state index contributed by atoms with van der Waals surface area (Å²) < 4.78 is 26.3. The van der Waals surface area contributed by atoms with Gasteiger partial charge in [-0.2, -0.15) is 4.31 Å². The van der Waals surface area contributed by atoms with E-state index in [-0.39, 0.29) is 10.6 Å². The second-order valence-electron chi connectivity index (χ2n) is 4.55. The van der Waals surface area contributed by atoms with Gasteiger partial charge >= 0.3 is 5.97 Å². The summed E-state index contributed by atoms with van der Waals surface area (Å²) in [6.07, 6.45) is 0.753. The Morgan fingerprint density at radius 3 is 2.83 bits per heavy atom. The monoisotopic (exact) mass is 289 g/mol. The molecule has 0 aliphatic carbocycles. The molecular formula is C11H15NO4S2. The first-order valence-electron chi connectivity index (χ1n) is 5.70. The van der Waals surface area contributed by atoms with Gasteiger partial charge in [0.25, 0.3) is 10.0 Å². The lowest BCUT2D eigenvalue weighted by Crippen LogP contribution is -2.27. The quantitative estimate of drug-likeness (QED) is 0.909. The number of carboxylic acid groups (broad SMARTS) is 1. The van der Waals surface area contributed by atoms with Crippen molar-refractivity contribution in [3.05, 3.63) is 17.0 Å². The lowest BCUT2D eigenvalue weighted by atomic mass is 10.2. The normalized spacial score (nSPS) is 21.3. The van der Waals surface area contributed by atoms with Crippen LogP contribution >= 0.6 is 11.3 Å². The second kappa shape index (κ2) is 4.99. The fraction of sp³-hybridized carbons (Fsp3) is 0.545. The predicted molar refractivity (Wildman–Crippen MR) is 68.2 cm³/mol. The number of nitrogens with zero attached hydrogens (tertiary/aromatic N) is 1. The topological polar surface area (TPSA) is 74.7 Å². The van der Waals surface area contributed by atoms with Gasteiger partial charge in [0.1, 0.15) is 4.21 Å². The summed E-state index contributed by atoms with van der Waals surface area (Å²) >= 11 is 1.05. The summed E-state index contributed by atoms with van der Waals surface area (Å²) in [6, 6.07) is 3.08. The number of hydrogen-bond donors (Lipinski definition) is 1. The van der Waals surface area contributed by atoms with Gasteiger partial charge in [0.05, 0.1) is 6.42 Å². The van der Waals surface area contributed by atoms with E-state index in [0.29, 0.717) is 23.9 Å². The number of hydrogen-bond acceptors (Lipinski definition) is 4. The van der Waals surface area contributed by atoms with Gasteiger partial charge in [0.15, 0.2) is 0 Å². The summed E-state index contributed by atoms with van der Waals surface area (Å²) in [4.78, 5) is 11.1. The highest BCUT2D eigenvalue weighted by molar-refractivity contribution is 7.91.